The Morgan fingerprint density at radius 1 is 1.07 bits per heavy atom. The fourth-order valence-electron chi connectivity index (χ4n) is 3.12. The molecule has 0 unspecified atom stereocenters. The molecule has 0 radical (unpaired) electrons. The van der Waals surface area contributed by atoms with Crippen molar-refractivity contribution in [2.45, 2.75) is 32.9 Å². The number of rotatable bonds is 8. The first kappa shape index (κ1) is 20.5. The first-order valence-corrected chi connectivity index (χ1v) is 9.83. The van der Waals surface area contributed by atoms with Gasteiger partial charge in [-0.05, 0) is 49.6 Å². The summed E-state index contributed by atoms with van der Waals surface area (Å²) < 4.78 is 13.7. The van der Waals surface area contributed by atoms with Crippen LogP contribution < -0.4 is 5.32 Å². The Bertz CT molecular complexity index is 944. The molecule has 0 saturated carbocycles. The van der Waals surface area contributed by atoms with Gasteiger partial charge in [0.25, 0.3) is 5.91 Å². The van der Waals surface area contributed by atoms with E-state index in [-0.39, 0.29) is 17.8 Å². The van der Waals surface area contributed by atoms with Gasteiger partial charge in [-0.3, -0.25) is 4.79 Å². The minimum atomic E-state index is -0.209. The van der Waals surface area contributed by atoms with Crippen molar-refractivity contribution in [3.05, 3.63) is 95.4 Å². The molecule has 29 heavy (non-hydrogen) atoms. The van der Waals surface area contributed by atoms with E-state index in [1.807, 2.05) is 55.1 Å². The van der Waals surface area contributed by atoms with Gasteiger partial charge in [-0.15, -0.1) is 0 Å². The molecule has 1 heterocycles. The van der Waals surface area contributed by atoms with Crippen LogP contribution in [-0.2, 0) is 13.0 Å². The molecule has 0 saturated heterocycles. The van der Waals surface area contributed by atoms with Crippen molar-refractivity contribution in [1.29, 1.82) is 0 Å². The summed E-state index contributed by atoms with van der Waals surface area (Å²) in [4.78, 5) is 19.2. The topological polar surface area (TPSA) is 45.2 Å². The smallest absolute Gasteiger partial charge is 0.254 e. The number of anilines is 1. The zero-order valence-corrected chi connectivity index (χ0v) is 16.8. The molecule has 3 rings (SSSR count). The van der Waals surface area contributed by atoms with E-state index < -0.39 is 0 Å². The van der Waals surface area contributed by atoms with E-state index in [2.05, 4.69) is 10.3 Å². The number of hydrogen-bond acceptors (Lipinski definition) is 3. The summed E-state index contributed by atoms with van der Waals surface area (Å²) in [6, 6.07) is 20.2. The maximum absolute atomic E-state index is 13.7. The van der Waals surface area contributed by atoms with Crippen molar-refractivity contribution in [3.63, 3.8) is 0 Å². The minimum absolute atomic E-state index is 0.0385. The van der Waals surface area contributed by atoms with E-state index in [4.69, 9.17) is 0 Å². The molecule has 1 aromatic heterocycles. The molecule has 5 heteroatoms. The van der Waals surface area contributed by atoms with E-state index >= 15 is 0 Å². The predicted molar refractivity (Wildman–Crippen MR) is 114 cm³/mol. The van der Waals surface area contributed by atoms with Gasteiger partial charge in [0.05, 0.1) is 0 Å². The fourth-order valence-corrected chi connectivity index (χ4v) is 3.12. The second-order valence-corrected chi connectivity index (χ2v) is 7.21. The normalized spacial score (nSPS) is 10.8. The average Bonchev–Trinajstić information content (AvgIpc) is 2.74. The van der Waals surface area contributed by atoms with Crippen molar-refractivity contribution in [2.24, 2.45) is 0 Å². The average molecular weight is 391 g/mol. The Balaban J connectivity index is 1.66. The number of benzene rings is 2. The molecule has 0 spiro atoms. The number of pyridine rings is 1. The summed E-state index contributed by atoms with van der Waals surface area (Å²) in [5, 5.41) is 3.18. The highest BCUT2D eigenvalue weighted by Crippen LogP contribution is 2.16. The third-order valence-corrected chi connectivity index (χ3v) is 4.75. The van der Waals surface area contributed by atoms with Crippen LogP contribution in [0.25, 0.3) is 0 Å². The molecule has 1 amide bonds. The molecule has 2 aromatic carbocycles. The molecule has 1 N–H and O–H groups in total. The van der Waals surface area contributed by atoms with Crippen LogP contribution in [0, 0.1) is 5.82 Å². The van der Waals surface area contributed by atoms with E-state index in [0.29, 0.717) is 36.5 Å². The van der Waals surface area contributed by atoms with E-state index in [9.17, 15) is 9.18 Å². The Labute approximate surface area is 171 Å². The lowest BCUT2D eigenvalue weighted by molar-refractivity contribution is 0.0690. The van der Waals surface area contributed by atoms with E-state index in [1.54, 1.807) is 30.5 Å². The van der Waals surface area contributed by atoms with Gasteiger partial charge >= 0.3 is 0 Å². The van der Waals surface area contributed by atoms with Crippen LogP contribution in [0.2, 0.25) is 0 Å². The SMILES string of the molecule is CC(C)N(Cc1ccccc1)C(=O)c1ccnc(NCCc2ccccc2F)c1. The summed E-state index contributed by atoms with van der Waals surface area (Å²) in [7, 11) is 0. The van der Waals surface area contributed by atoms with Crippen LogP contribution in [0.15, 0.2) is 72.9 Å². The standard InChI is InChI=1S/C24H26FN3O/c1-18(2)28(17-19-8-4-3-5-9-19)24(29)21-13-15-27-23(16-21)26-14-12-20-10-6-7-11-22(20)25/h3-11,13,15-16,18H,12,14,17H2,1-2H3,(H,26,27). The maximum Gasteiger partial charge on any atom is 0.254 e. The second kappa shape index (κ2) is 9.82. The zero-order chi connectivity index (χ0) is 20.6. The monoisotopic (exact) mass is 391 g/mol. The number of hydrogen-bond donors (Lipinski definition) is 1. The lowest BCUT2D eigenvalue weighted by Gasteiger charge is -2.27. The van der Waals surface area contributed by atoms with Gasteiger partial charge in [0.15, 0.2) is 0 Å². The highest BCUT2D eigenvalue weighted by molar-refractivity contribution is 5.95. The number of amides is 1. The van der Waals surface area contributed by atoms with Gasteiger partial charge in [0.2, 0.25) is 0 Å². The lowest BCUT2D eigenvalue weighted by atomic mass is 10.1. The Kier molecular flexibility index (Phi) is 6.95. The highest BCUT2D eigenvalue weighted by atomic mass is 19.1. The maximum atomic E-state index is 13.7. The van der Waals surface area contributed by atoms with Crippen LogP contribution in [0.1, 0.15) is 35.3 Å². The van der Waals surface area contributed by atoms with Crippen molar-refractivity contribution < 1.29 is 9.18 Å². The molecule has 0 aliphatic heterocycles. The van der Waals surface area contributed by atoms with Gasteiger partial charge < -0.3 is 10.2 Å². The van der Waals surface area contributed by atoms with Crippen LogP contribution in [0.3, 0.4) is 0 Å². The number of halogens is 1. The summed E-state index contributed by atoms with van der Waals surface area (Å²) >= 11 is 0. The zero-order valence-electron chi connectivity index (χ0n) is 16.8. The van der Waals surface area contributed by atoms with Crippen molar-refractivity contribution in [2.75, 3.05) is 11.9 Å². The number of nitrogens with one attached hydrogen (secondary N) is 1. The minimum Gasteiger partial charge on any atom is -0.370 e. The first-order chi connectivity index (χ1) is 14.0. The molecule has 3 aromatic rings. The summed E-state index contributed by atoms with van der Waals surface area (Å²) in [5.41, 5.74) is 2.32. The number of carbonyl (C=O) groups excluding carboxylic acids is 1. The van der Waals surface area contributed by atoms with Crippen molar-refractivity contribution in [3.8, 4) is 0 Å². The molecule has 0 aliphatic rings. The van der Waals surface area contributed by atoms with E-state index in [1.165, 1.54) is 6.07 Å². The summed E-state index contributed by atoms with van der Waals surface area (Å²) in [6.07, 6.45) is 2.17. The molecule has 0 bridgehead atoms. The predicted octanol–water partition coefficient (Wildman–Crippen LogP) is 4.93. The van der Waals surface area contributed by atoms with Crippen molar-refractivity contribution in [1.82, 2.24) is 9.88 Å². The fraction of sp³-hybridized carbons (Fsp3) is 0.250. The van der Waals surface area contributed by atoms with Gasteiger partial charge in [-0.25, -0.2) is 9.37 Å². The number of nitrogens with zero attached hydrogens (tertiary/aromatic N) is 2. The van der Waals surface area contributed by atoms with Crippen LogP contribution in [0.4, 0.5) is 10.2 Å². The third-order valence-electron chi connectivity index (χ3n) is 4.75. The molecule has 0 fully saturated rings. The van der Waals surface area contributed by atoms with E-state index in [0.717, 1.165) is 5.56 Å². The quantitative estimate of drug-likeness (QED) is 0.592. The Morgan fingerprint density at radius 3 is 2.52 bits per heavy atom. The largest absolute Gasteiger partial charge is 0.370 e. The molecular formula is C24H26FN3O. The molecule has 0 atom stereocenters. The van der Waals surface area contributed by atoms with Gasteiger partial charge in [-0.1, -0.05) is 48.5 Å². The first-order valence-electron chi connectivity index (χ1n) is 9.83. The number of carbonyl (C=O) groups is 1. The molecule has 0 aliphatic carbocycles. The number of aromatic nitrogens is 1. The molecule has 4 nitrogen and oxygen atoms in total. The summed E-state index contributed by atoms with van der Waals surface area (Å²) in [6.45, 7) is 5.10. The molecule has 150 valence electrons. The highest BCUT2D eigenvalue weighted by Gasteiger charge is 2.19. The second-order valence-electron chi connectivity index (χ2n) is 7.21. The molecular weight excluding hydrogens is 365 g/mol. The third kappa shape index (κ3) is 5.64. The van der Waals surface area contributed by atoms with Crippen LogP contribution >= 0.6 is 0 Å². The van der Waals surface area contributed by atoms with Gasteiger partial charge in [0.1, 0.15) is 11.6 Å². The van der Waals surface area contributed by atoms with Crippen molar-refractivity contribution >= 4 is 11.7 Å². The summed E-state index contributed by atoms with van der Waals surface area (Å²) in [5.74, 6) is 0.360. The van der Waals surface area contributed by atoms with Crippen LogP contribution in [0.5, 0.6) is 0 Å². The van der Waals surface area contributed by atoms with Crippen LogP contribution in [-0.4, -0.2) is 28.4 Å². The Morgan fingerprint density at radius 2 is 1.79 bits per heavy atom. The van der Waals surface area contributed by atoms with Gasteiger partial charge in [0, 0.05) is 30.9 Å². The lowest BCUT2D eigenvalue weighted by Crippen LogP contribution is -2.36. The Hall–Kier alpha value is -3.21. The van der Waals surface area contributed by atoms with Gasteiger partial charge in [-0.2, -0.15) is 0 Å².